The zero-order valence-electron chi connectivity index (χ0n) is 9.45. The van der Waals surface area contributed by atoms with Crippen LogP contribution in [0.25, 0.3) is 10.9 Å². The molecule has 3 aromatic rings. The minimum absolute atomic E-state index is 0.173. The van der Waals surface area contributed by atoms with Gasteiger partial charge in [0, 0.05) is 10.9 Å². The molecule has 2 N–H and O–H groups in total. The van der Waals surface area contributed by atoms with Crippen molar-refractivity contribution >= 4 is 22.8 Å². The van der Waals surface area contributed by atoms with Gasteiger partial charge in [-0.2, -0.15) is 9.90 Å². The molecule has 18 heavy (non-hydrogen) atoms. The monoisotopic (exact) mass is 243 g/mol. The second-order valence-corrected chi connectivity index (χ2v) is 3.73. The molecule has 0 radical (unpaired) electrons. The molecular formula is C10H9N7O. The molecule has 0 atom stereocenters. The van der Waals surface area contributed by atoms with Crippen LogP contribution in [0.1, 0.15) is 10.4 Å². The molecule has 0 saturated heterocycles. The first-order chi connectivity index (χ1) is 8.72. The summed E-state index contributed by atoms with van der Waals surface area (Å²) in [5.41, 5.74) is 1.30. The van der Waals surface area contributed by atoms with Crippen LogP contribution < -0.4 is 5.32 Å². The number of hydrogen-bond acceptors (Lipinski definition) is 5. The van der Waals surface area contributed by atoms with Gasteiger partial charge in [0.1, 0.15) is 0 Å². The van der Waals surface area contributed by atoms with Crippen molar-refractivity contribution in [3.05, 3.63) is 30.0 Å². The van der Waals surface area contributed by atoms with Crippen LogP contribution >= 0.6 is 0 Å². The van der Waals surface area contributed by atoms with Gasteiger partial charge in [0.25, 0.3) is 11.9 Å². The van der Waals surface area contributed by atoms with Gasteiger partial charge in [0.2, 0.25) is 0 Å². The van der Waals surface area contributed by atoms with E-state index in [1.807, 2.05) is 6.07 Å². The molecule has 90 valence electrons. The normalized spacial score (nSPS) is 10.7. The van der Waals surface area contributed by atoms with Gasteiger partial charge >= 0.3 is 0 Å². The molecule has 1 aromatic carbocycles. The number of carbonyl (C=O) groups is 1. The summed E-state index contributed by atoms with van der Waals surface area (Å²) in [5, 5.41) is 21.4. The zero-order valence-corrected chi connectivity index (χ0v) is 9.45. The van der Waals surface area contributed by atoms with Crippen molar-refractivity contribution in [2.24, 2.45) is 7.05 Å². The standard InChI is InChI=1S/C10H9N7O/c1-17-15-10(14-16-17)12-9(18)6-2-3-7-5-11-13-8(7)4-6/h2-5H,1H3,(H,11,13)(H,12,15,18). The Kier molecular flexibility index (Phi) is 2.26. The third-order valence-corrected chi connectivity index (χ3v) is 2.44. The molecule has 0 fully saturated rings. The highest BCUT2D eigenvalue weighted by molar-refractivity contribution is 6.05. The molecular weight excluding hydrogens is 234 g/mol. The van der Waals surface area contributed by atoms with Crippen LogP contribution in [-0.2, 0) is 7.05 Å². The number of tetrazole rings is 1. The Labute approximate surface area is 101 Å². The number of nitrogens with zero attached hydrogens (tertiary/aromatic N) is 5. The Morgan fingerprint density at radius 1 is 1.44 bits per heavy atom. The average Bonchev–Trinajstić information content (AvgIpc) is 2.96. The van der Waals surface area contributed by atoms with Crippen molar-refractivity contribution in [2.45, 2.75) is 0 Å². The van der Waals surface area contributed by atoms with E-state index in [9.17, 15) is 4.79 Å². The number of aromatic amines is 1. The first-order valence-corrected chi connectivity index (χ1v) is 5.21. The summed E-state index contributed by atoms with van der Waals surface area (Å²) in [5.74, 6) is -0.119. The Balaban J connectivity index is 1.87. The SMILES string of the molecule is Cn1nnc(NC(=O)c2ccc3cn[nH]c3c2)n1. The van der Waals surface area contributed by atoms with Gasteiger partial charge < -0.3 is 0 Å². The minimum Gasteiger partial charge on any atom is -0.288 e. The van der Waals surface area contributed by atoms with E-state index in [-0.39, 0.29) is 11.9 Å². The largest absolute Gasteiger partial charge is 0.288 e. The molecule has 0 aliphatic carbocycles. The molecule has 0 bridgehead atoms. The van der Waals surface area contributed by atoms with E-state index in [1.165, 1.54) is 4.80 Å². The van der Waals surface area contributed by atoms with Crippen LogP contribution in [-0.4, -0.2) is 36.3 Å². The highest BCUT2D eigenvalue weighted by atomic mass is 16.1. The van der Waals surface area contributed by atoms with E-state index in [0.717, 1.165) is 10.9 Å². The van der Waals surface area contributed by atoms with Gasteiger partial charge in [-0.15, -0.1) is 5.10 Å². The lowest BCUT2D eigenvalue weighted by atomic mass is 10.1. The fourth-order valence-electron chi connectivity index (χ4n) is 1.59. The van der Waals surface area contributed by atoms with Gasteiger partial charge in [0.15, 0.2) is 0 Å². The molecule has 0 unspecified atom stereocenters. The zero-order chi connectivity index (χ0) is 12.5. The first kappa shape index (κ1) is 10.4. The van der Waals surface area contributed by atoms with Gasteiger partial charge in [-0.1, -0.05) is 11.2 Å². The maximum absolute atomic E-state index is 11.9. The van der Waals surface area contributed by atoms with Crippen molar-refractivity contribution in [3.63, 3.8) is 0 Å². The maximum Gasteiger partial charge on any atom is 0.270 e. The number of H-pyrrole nitrogens is 1. The average molecular weight is 243 g/mol. The lowest BCUT2D eigenvalue weighted by Crippen LogP contribution is -2.13. The maximum atomic E-state index is 11.9. The molecule has 2 heterocycles. The van der Waals surface area contributed by atoms with Crippen LogP contribution in [0.2, 0.25) is 0 Å². The number of anilines is 1. The number of fused-ring (bicyclic) bond motifs is 1. The summed E-state index contributed by atoms with van der Waals surface area (Å²) in [6.45, 7) is 0. The van der Waals surface area contributed by atoms with Crippen LogP contribution in [0.15, 0.2) is 24.4 Å². The van der Waals surface area contributed by atoms with E-state index in [2.05, 4.69) is 30.9 Å². The van der Waals surface area contributed by atoms with Gasteiger partial charge in [-0.25, -0.2) is 0 Å². The lowest BCUT2D eigenvalue weighted by Gasteiger charge is -2.00. The van der Waals surface area contributed by atoms with Crippen molar-refractivity contribution in [3.8, 4) is 0 Å². The number of aryl methyl sites for hydroxylation is 1. The summed E-state index contributed by atoms with van der Waals surface area (Å²) >= 11 is 0. The number of carbonyl (C=O) groups excluding carboxylic acids is 1. The van der Waals surface area contributed by atoms with E-state index >= 15 is 0 Å². The van der Waals surface area contributed by atoms with E-state index in [1.54, 1.807) is 25.4 Å². The Hall–Kier alpha value is -2.77. The Morgan fingerprint density at radius 2 is 2.33 bits per heavy atom. The second-order valence-electron chi connectivity index (χ2n) is 3.73. The lowest BCUT2D eigenvalue weighted by molar-refractivity contribution is 0.102. The Morgan fingerprint density at radius 3 is 3.11 bits per heavy atom. The fourth-order valence-corrected chi connectivity index (χ4v) is 1.59. The van der Waals surface area contributed by atoms with Crippen LogP contribution in [0.3, 0.4) is 0 Å². The number of nitrogens with one attached hydrogen (secondary N) is 2. The summed E-state index contributed by atoms with van der Waals surface area (Å²) < 4.78 is 0. The van der Waals surface area contributed by atoms with Crippen LogP contribution in [0, 0.1) is 0 Å². The molecule has 2 aromatic heterocycles. The summed E-state index contributed by atoms with van der Waals surface area (Å²) in [7, 11) is 1.62. The smallest absolute Gasteiger partial charge is 0.270 e. The molecule has 0 saturated carbocycles. The molecule has 1 amide bonds. The van der Waals surface area contributed by atoms with Gasteiger partial charge in [0.05, 0.1) is 18.8 Å². The number of aromatic nitrogens is 6. The molecule has 0 aliphatic rings. The molecule has 0 spiro atoms. The second kappa shape index (κ2) is 3.91. The highest BCUT2D eigenvalue weighted by Gasteiger charge is 2.10. The predicted octanol–water partition coefficient (Wildman–Crippen LogP) is 0.339. The summed E-state index contributed by atoms with van der Waals surface area (Å²) in [4.78, 5) is 13.2. The first-order valence-electron chi connectivity index (χ1n) is 5.21. The molecule has 0 aliphatic heterocycles. The van der Waals surface area contributed by atoms with E-state index in [4.69, 9.17) is 0 Å². The highest BCUT2D eigenvalue weighted by Crippen LogP contribution is 2.13. The van der Waals surface area contributed by atoms with Gasteiger partial charge in [-0.05, 0) is 17.3 Å². The quantitative estimate of drug-likeness (QED) is 0.675. The van der Waals surface area contributed by atoms with Gasteiger partial charge in [-0.3, -0.25) is 15.2 Å². The number of hydrogen-bond donors (Lipinski definition) is 2. The van der Waals surface area contributed by atoms with Crippen molar-refractivity contribution in [2.75, 3.05) is 5.32 Å². The fraction of sp³-hybridized carbons (Fsp3) is 0.100. The molecule has 8 nitrogen and oxygen atoms in total. The van der Waals surface area contributed by atoms with Crippen molar-refractivity contribution in [1.82, 2.24) is 30.4 Å². The molecule has 8 heteroatoms. The summed E-state index contributed by atoms with van der Waals surface area (Å²) in [6.07, 6.45) is 1.70. The third-order valence-electron chi connectivity index (χ3n) is 2.44. The topological polar surface area (TPSA) is 101 Å². The molecule has 3 rings (SSSR count). The van der Waals surface area contributed by atoms with E-state index < -0.39 is 0 Å². The third kappa shape index (κ3) is 1.79. The van der Waals surface area contributed by atoms with Crippen LogP contribution in [0.5, 0.6) is 0 Å². The number of amides is 1. The van der Waals surface area contributed by atoms with E-state index in [0.29, 0.717) is 5.56 Å². The van der Waals surface area contributed by atoms with Crippen LogP contribution in [0.4, 0.5) is 5.95 Å². The summed E-state index contributed by atoms with van der Waals surface area (Å²) in [6, 6.07) is 5.25. The van der Waals surface area contributed by atoms with Crippen molar-refractivity contribution < 1.29 is 4.79 Å². The number of rotatable bonds is 2. The number of benzene rings is 1. The predicted molar refractivity (Wildman–Crippen MR) is 62.8 cm³/mol. The Bertz CT molecular complexity index is 714. The van der Waals surface area contributed by atoms with Crippen molar-refractivity contribution in [1.29, 1.82) is 0 Å². The minimum atomic E-state index is -0.292.